The summed E-state index contributed by atoms with van der Waals surface area (Å²) in [5.74, 6) is 0.172. The average Bonchev–Trinajstić information content (AvgIpc) is 3.43. The van der Waals surface area contributed by atoms with Gasteiger partial charge in [0, 0.05) is 34.1 Å². The standard InChI is InChI=1S/C25H21ClFN7O/c1-14-4-3-5-24(30-14)34-21(16-8-9-33-22(10-16)19(13-29-33)25(28)35)12-23(32-34)31-15(2)18-7-6-17(26)11-20(18)27/h3-13,15H,1-2H3,(H2,28,35)(H,31,32). The summed E-state index contributed by atoms with van der Waals surface area (Å²) in [6, 6.07) is 15.4. The highest BCUT2D eigenvalue weighted by Gasteiger charge is 2.18. The average molecular weight is 490 g/mol. The topological polar surface area (TPSA) is 103 Å². The van der Waals surface area contributed by atoms with E-state index in [-0.39, 0.29) is 6.04 Å². The minimum atomic E-state index is -0.563. The van der Waals surface area contributed by atoms with Crippen molar-refractivity contribution in [2.75, 3.05) is 5.32 Å². The second kappa shape index (κ2) is 8.84. The molecule has 1 amide bonds. The molecule has 5 rings (SSSR count). The first kappa shape index (κ1) is 22.5. The molecule has 0 saturated heterocycles. The molecule has 8 nitrogen and oxygen atoms in total. The first-order valence-electron chi connectivity index (χ1n) is 10.8. The lowest BCUT2D eigenvalue weighted by atomic mass is 10.1. The summed E-state index contributed by atoms with van der Waals surface area (Å²) in [5, 5.41) is 12.5. The predicted octanol–water partition coefficient (Wildman–Crippen LogP) is 4.95. The number of hydrogen-bond acceptors (Lipinski definition) is 5. The number of anilines is 1. The van der Waals surface area contributed by atoms with Gasteiger partial charge in [-0.05, 0) is 50.2 Å². The molecular weight excluding hydrogens is 469 g/mol. The van der Waals surface area contributed by atoms with E-state index in [2.05, 4.69) is 15.4 Å². The predicted molar refractivity (Wildman–Crippen MR) is 132 cm³/mol. The Morgan fingerprint density at radius 1 is 1.17 bits per heavy atom. The van der Waals surface area contributed by atoms with Gasteiger partial charge in [-0.1, -0.05) is 23.7 Å². The zero-order valence-electron chi connectivity index (χ0n) is 18.9. The molecule has 4 aromatic heterocycles. The first-order valence-corrected chi connectivity index (χ1v) is 11.2. The van der Waals surface area contributed by atoms with E-state index in [9.17, 15) is 9.18 Å². The summed E-state index contributed by atoms with van der Waals surface area (Å²) < 4.78 is 17.8. The molecule has 1 unspecified atom stereocenters. The van der Waals surface area contributed by atoms with Crippen LogP contribution in [0.25, 0.3) is 22.6 Å². The molecule has 0 fully saturated rings. The molecule has 4 heterocycles. The van der Waals surface area contributed by atoms with Crippen molar-refractivity contribution in [3.63, 3.8) is 0 Å². The number of primary amides is 1. The monoisotopic (exact) mass is 489 g/mol. The van der Waals surface area contributed by atoms with E-state index < -0.39 is 11.7 Å². The lowest BCUT2D eigenvalue weighted by molar-refractivity contribution is 0.100. The molecule has 0 spiro atoms. The van der Waals surface area contributed by atoms with Gasteiger partial charge in [-0.2, -0.15) is 5.10 Å². The van der Waals surface area contributed by atoms with Gasteiger partial charge in [0.2, 0.25) is 0 Å². The van der Waals surface area contributed by atoms with Crippen LogP contribution in [0.1, 0.15) is 34.6 Å². The number of benzene rings is 1. The molecule has 1 atom stereocenters. The number of halogens is 2. The number of aryl methyl sites for hydroxylation is 1. The number of pyridine rings is 2. The second-order valence-electron chi connectivity index (χ2n) is 8.16. The van der Waals surface area contributed by atoms with Gasteiger partial charge in [-0.3, -0.25) is 4.79 Å². The summed E-state index contributed by atoms with van der Waals surface area (Å²) in [6.07, 6.45) is 3.19. The molecule has 0 saturated carbocycles. The lowest BCUT2D eigenvalue weighted by Gasteiger charge is -2.14. The Hall–Kier alpha value is -4.24. The van der Waals surface area contributed by atoms with Crippen LogP contribution in [0.5, 0.6) is 0 Å². The van der Waals surface area contributed by atoms with Crippen molar-refractivity contribution < 1.29 is 9.18 Å². The van der Waals surface area contributed by atoms with Crippen LogP contribution >= 0.6 is 11.6 Å². The Morgan fingerprint density at radius 2 is 2.00 bits per heavy atom. The molecule has 0 radical (unpaired) electrons. The second-order valence-corrected chi connectivity index (χ2v) is 8.60. The van der Waals surface area contributed by atoms with Crippen molar-refractivity contribution in [3.8, 4) is 17.1 Å². The highest BCUT2D eigenvalue weighted by Crippen LogP contribution is 2.30. The van der Waals surface area contributed by atoms with E-state index in [0.29, 0.717) is 39.0 Å². The van der Waals surface area contributed by atoms with Gasteiger partial charge in [0.25, 0.3) is 5.91 Å². The van der Waals surface area contributed by atoms with Gasteiger partial charge in [0.1, 0.15) is 11.6 Å². The fourth-order valence-electron chi connectivity index (χ4n) is 3.96. The maximum absolute atomic E-state index is 14.5. The van der Waals surface area contributed by atoms with Crippen molar-refractivity contribution in [2.24, 2.45) is 5.73 Å². The summed E-state index contributed by atoms with van der Waals surface area (Å²) in [7, 11) is 0. The van der Waals surface area contributed by atoms with E-state index in [1.54, 1.807) is 27.5 Å². The number of aromatic nitrogens is 5. The van der Waals surface area contributed by atoms with Crippen molar-refractivity contribution in [2.45, 2.75) is 19.9 Å². The van der Waals surface area contributed by atoms with Crippen molar-refractivity contribution in [1.82, 2.24) is 24.4 Å². The minimum Gasteiger partial charge on any atom is -0.365 e. The summed E-state index contributed by atoms with van der Waals surface area (Å²) in [6.45, 7) is 3.74. The maximum atomic E-state index is 14.5. The van der Waals surface area contributed by atoms with Gasteiger partial charge in [0.05, 0.1) is 29.0 Å². The number of nitrogens with one attached hydrogen (secondary N) is 1. The van der Waals surface area contributed by atoms with Crippen LogP contribution < -0.4 is 11.1 Å². The Morgan fingerprint density at radius 3 is 2.74 bits per heavy atom. The molecule has 5 aromatic rings. The smallest absolute Gasteiger partial charge is 0.252 e. The van der Waals surface area contributed by atoms with Crippen molar-refractivity contribution >= 4 is 28.8 Å². The summed E-state index contributed by atoms with van der Waals surface area (Å²) in [5.41, 5.74) is 9.19. The highest BCUT2D eigenvalue weighted by atomic mass is 35.5. The third-order valence-electron chi connectivity index (χ3n) is 5.68. The van der Waals surface area contributed by atoms with E-state index in [1.807, 2.05) is 50.2 Å². The molecule has 3 N–H and O–H groups in total. The first-order chi connectivity index (χ1) is 16.8. The van der Waals surface area contributed by atoms with Crippen LogP contribution in [-0.2, 0) is 0 Å². The number of amides is 1. The molecule has 10 heteroatoms. The van der Waals surface area contributed by atoms with Crippen LogP contribution in [-0.4, -0.2) is 30.3 Å². The minimum absolute atomic E-state index is 0.316. The van der Waals surface area contributed by atoms with Crippen LogP contribution in [0.3, 0.4) is 0 Å². The highest BCUT2D eigenvalue weighted by molar-refractivity contribution is 6.30. The van der Waals surface area contributed by atoms with E-state index in [0.717, 1.165) is 11.3 Å². The molecule has 1 aromatic carbocycles. The Bertz CT molecular complexity index is 1580. The van der Waals surface area contributed by atoms with Gasteiger partial charge in [0.15, 0.2) is 5.82 Å². The zero-order chi connectivity index (χ0) is 24.7. The van der Waals surface area contributed by atoms with Crippen LogP contribution in [0, 0.1) is 12.7 Å². The van der Waals surface area contributed by atoms with Crippen LogP contribution in [0.4, 0.5) is 10.2 Å². The molecular formula is C25H21ClFN7O. The van der Waals surface area contributed by atoms with Crippen LogP contribution in [0.2, 0.25) is 5.02 Å². The number of fused-ring (bicyclic) bond motifs is 1. The molecule has 0 aliphatic heterocycles. The number of carbonyl (C=O) groups is 1. The van der Waals surface area contributed by atoms with Gasteiger partial charge in [-0.25, -0.2) is 18.6 Å². The molecule has 176 valence electrons. The third-order valence-corrected chi connectivity index (χ3v) is 5.91. The van der Waals surface area contributed by atoms with E-state index in [1.165, 1.54) is 12.3 Å². The lowest BCUT2D eigenvalue weighted by Crippen LogP contribution is -2.10. The van der Waals surface area contributed by atoms with Gasteiger partial charge in [-0.15, -0.1) is 5.10 Å². The number of nitrogens with two attached hydrogens (primary N) is 1. The summed E-state index contributed by atoms with van der Waals surface area (Å²) >= 11 is 5.90. The van der Waals surface area contributed by atoms with E-state index in [4.69, 9.17) is 22.4 Å². The normalized spacial score (nSPS) is 12.1. The molecule has 0 bridgehead atoms. The van der Waals surface area contributed by atoms with Crippen LogP contribution in [0.15, 0.2) is 67.0 Å². The zero-order valence-corrected chi connectivity index (χ0v) is 19.7. The molecule has 0 aliphatic rings. The Kier molecular flexibility index (Phi) is 5.70. The van der Waals surface area contributed by atoms with Crippen molar-refractivity contribution in [3.05, 3.63) is 94.7 Å². The largest absolute Gasteiger partial charge is 0.365 e. The van der Waals surface area contributed by atoms with E-state index >= 15 is 0 Å². The quantitative estimate of drug-likeness (QED) is 0.351. The SMILES string of the molecule is Cc1cccc(-n2nc(NC(C)c3ccc(Cl)cc3F)cc2-c2ccn3ncc(C(N)=O)c3c2)n1. The third kappa shape index (κ3) is 4.33. The molecule has 0 aliphatic carbocycles. The fraction of sp³-hybridized carbons (Fsp3) is 0.120. The fourth-order valence-corrected chi connectivity index (χ4v) is 4.12. The number of rotatable bonds is 6. The number of nitrogens with zero attached hydrogens (tertiary/aromatic N) is 5. The Labute approximate surface area is 205 Å². The van der Waals surface area contributed by atoms with Gasteiger partial charge < -0.3 is 11.1 Å². The molecule has 35 heavy (non-hydrogen) atoms. The number of hydrogen-bond donors (Lipinski definition) is 2. The van der Waals surface area contributed by atoms with Crippen molar-refractivity contribution in [1.29, 1.82) is 0 Å². The van der Waals surface area contributed by atoms with Gasteiger partial charge >= 0.3 is 0 Å². The summed E-state index contributed by atoms with van der Waals surface area (Å²) in [4.78, 5) is 16.5. The maximum Gasteiger partial charge on any atom is 0.252 e. The Balaban J connectivity index is 1.60. The number of carbonyl (C=O) groups excluding carboxylic acids is 1.